The van der Waals surface area contributed by atoms with E-state index < -0.39 is 102 Å². The lowest BCUT2D eigenvalue weighted by molar-refractivity contribution is -0.231. The topological polar surface area (TPSA) is 154 Å². The largest absolute Gasteiger partial charge is 0.459 e. The normalized spacial score (nSPS) is 53.1. The molecule has 0 bridgehead atoms. The van der Waals surface area contributed by atoms with E-state index in [1.165, 1.54) is 27.9 Å². The second-order valence-corrected chi connectivity index (χ2v) is 11.0. The third-order valence-electron chi connectivity index (χ3n) is 9.12. The average Bonchev–Trinajstić information content (AvgIpc) is 3.71. The van der Waals surface area contributed by atoms with Crippen molar-refractivity contribution in [3.8, 4) is 0 Å². The summed E-state index contributed by atoms with van der Waals surface area (Å²) < 4.78 is 34.7. The van der Waals surface area contributed by atoms with Crippen LogP contribution >= 0.6 is 0 Å². The fourth-order valence-electron chi connectivity index (χ4n) is 7.22. The Hall–Kier alpha value is -2.05. The molecule has 3 heterocycles. The molecule has 0 amide bonds. The first-order valence-corrected chi connectivity index (χ1v) is 12.3. The van der Waals surface area contributed by atoms with Crippen LogP contribution in [0.15, 0.2) is 12.2 Å². The van der Waals surface area contributed by atoms with E-state index in [1.54, 1.807) is 13.8 Å². The minimum absolute atomic E-state index is 0.394. The van der Waals surface area contributed by atoms with Crippen molar-refractivity contribution in [3.05, 3.63) is 12.2 Å². The van der Waals surface area contributed by atoms with Crippen molar-refractivity contribution < 1.29 is 53.0 Å². The predicted octanol–water partition coefficient (Wildman–Crippen LogP) is -0.105. The number of hydrogen-bond acceptors (Lipinski definition) is 11. The highest BCUT2D eigenvalue weighted by atomic mass is 16.6. The van der Waals surface area contributed by atoms with Crippen LogP contribution in [-0.4, -0.2) is 95.8 Å². The van der Waals surface area contributed by atoms with E-state index in [-0.39, 0.29) is 0 Å². The number of fused-ring (bicyclic) bond motifs is 5. The Bertz CT molecular complexity index is 996. The molecule has 3 aliphatic heterocycles. The number of epoxide rings is 2. The minimum Gasteiger partial charge on any atom is -0.459 e. The van der Waals surface area contributed by atoms with Crippen LogP contribution in [0, 0.1) is 23.2 Å². The molecule has 0 aromatic heterocycles. The third-order valence-corrected chi connectivity index (χ3v) is 9.12. The Labute approximate surface area is 209 Å². The van der Waals surface area contributed by atoms with E-state index in [2.05, 4.69) is 6.58 Å². The Kier molecular flexibility index (Phi) is 5.85. The number of aliphatic hydroxyl groups is 2. The van der Waals surface area contributed by atoms with Gasteiger partial charge in [-0.1, -0.05) is 20.4 Å². The van der Waals surface area contributed by atoms with E-state index in [9.17, 15) is 24.6 Å². The number of esters is 3. The third kappa shape index (κ3) is 3.32. The van der Waals surface area contributed by atoms with Crippen molar-refractivity contribution in [3.63, 3.8) is 0 Å². The lowest BCUT2D eigenvalue weighted by atomic mass is 9.53. The summed E-state index contributed by atoms with van der Waals surface area (Å²) in [5.41, 5.74) is -2.80. The fourth-order valence-corrected chi connectivity index (χ4v) is 7.22. The van der Waals surface area contributed by atoms with Gasteiger partial charge in [-0.2, -0.15) is 0 Å². The zero-order chi connectivity index (χ0) is 26.5. The molecule has 2 aliphatic carbocycles. The van der Waals surface area contributed by atoms with E-state index in [1.807, 2.05) is 0 Å². The molecule has 5 rings (SSSR count). The summed E-state index contributed by atoms with van der Waals surface area (Å²) >= 11 is 0. The van der Waals surface area contributed by atoms with Crippen LogP contribution in [0.5, 0.6) is 0 Å². The highest BCUT2D eigenvalue weighted by Crippen LogP contribution is 2.63. The molecule has 5 aliphatic rings. The second-order valence-electron chi connectivity index (χ2n) is 11.0. The van der Waals surface area contributed by atoms with Crippen LogP contribution in [0.4, 0.5) is 0 Å². The van der Waals surface area contributed by atoms with Gasteiger partial charge in [0, 0.05) is 38.2 Å². The molecule has 200 valence electrons. The molecule has 14 unspecified atom stereocenters. The molecule has 11 nitrogen and oxygen atoms in total. The quantitative estimate of drug-likeness (QED) is 0.226. The van der Waals surface area contributed by atoms with Crippen molar-refractivity contribution in [1.82, 2.24) is 0 Å². The van der Waals surface area contributed by atoms with E-state index in [0.717, 1.165) is 0 Å². The van der Waals surface area contributed by atoms with Gasteiger partial charge in [0.2, 0.25) is 0 Å². The van der Waals surface area contributed by atoms with E-state index in [4.69, 9.17) is 28.4 Å². The predicted molar refractivity (Wildman–Crippen MR) is 119 cm³/mol. The van der Waals surface area contributed by atoms with Crippen LogP contribution in [0.3, 0.4) is 0 Å². The van der Waals surface area contributed by atoms with Crippen molar-refractivity contribution in [2.75, 3.05) is 7.11 Å². The average molecular weight is 511 g/mol. The molecule has 36 heavy (non-hydrogen) atoms. The molecule has 0 radical (unpaired) electrons. The maximum absolute atomic E-state index is 12.9. The summed E-state index contributed by atoms with van der Waals surface area (Å²) in [6.07, 6.45) is -7.82. The van der Waals surface area contributed by atoms with Crippen LogP contribution in [0.25, 0.3) is 0 Å². The second kappa shape index (κ2) is 8.22. The number of carbonyl (C=O) groups excluding carboxylic acids is 3. The molecule has 2 N–H and O–H groups in total. The van der Waals surface area contributed by atoms with Crippen molar-refractivity contribution >= 4 is 17.9 Å². The van der Waals surface area contributed by atoms with E-state index >= 15 is 0 Å². The number of carbonyl (C=O) groups is 3. The van der Waals surface area contributed by atoms with Gasteiger partial charge in [0.05, 0.1) is 18.1 Å². The highest BCUT2D eigenvalue weighted by molar-refractivity contribution is 5.77. The van der Waals surface area contributed by atoms with Gasteiger partial charge in [-0.15, -0.1) is 0 Å². The molecule has 0 aromatic rings. The Balaban J connectivity index is 1.73. The van der Waals surface area contributed by atoms with Gasteiger partial charge in [-0.25, -0.2) is 0 Å². The van der Waals surface area contributed by atoms with Crippen LogP contribution in [0.2, 0.25) is 0 Å². The van der Waals surface area contributed by atoms with Crippen molar-refractivity contribution in [2.24, 2.45) is 23.2 Å². The molecule has 0 spiro atoms. The summed E-state index contributed by atoms with van der Waals surface area (Å²) in [5.74, 6) is -4.41. The summed E-state index contributed by atoms with van der Waals surface area (Å²) in [4.78, 5) is 37.3. The zero-order valence-corrected chi connectivity index (χ0v) is 21.2. The molecule has 14 atom stereocenters. The molecular formula is C25H34O11. The zero-order valence-electron chi connectivity index (χ0n) is 21.2. The molecule has 5 fully saturated rings. The van der Waals surface area contributed by atoms with Gasteiger partial charge in [0.15, 0.2) is 11.7 Å². The number of rotatable bonds is 3. The lowest BCUT2D eigenvalue weighted by Crippen LogP contribution is -2.69. The maximum Gasteiger partial charge on any atom is 0.312 e. The monoisotopic (exact) mass is 510 g/mol. The molecular weight excluding hydrogens is 476 g/mol. The smallest absolute Gasteiger partial charge is 0.312 e. The van der Waals surface area contributed by atoms with Crippen LogP contribution in [0.1, 0.15) is 34.6 Å². The van der Waals surface area contributed by atoms with Gasteiger partial charge in [0.25, 0.3) is 0 Å². The molecule has 0 aromatic carbocycles. The number of aliphatic hydroxyl groups excluding tert-OH is 1. The first-order valence-electron chi connectivity index (χ1n) is 12.3. The number of methoxy groups -OCH3 is 1. The molecule has 2 saturated carbocycles. The number of hydrogen-bond donors (Lipinski definition) is 2. The van der Waals surface area contributed by atoms with Gasteiger partial charge >= 0.3 is 17.9 Å². The lowest BCUT2D eigenvalue weighted by Gasteiger charge is -2.54. The van der Waals surface area contributed by atoms with Crippen molar-refractivity contribution in [1.29, 1.82) is 0 Å². The summed E-state index contributed by atoms with van der Waals surface area (Å²) in [7, 11) is 1.39. The summed E-state index contributed by atoms with van der Waals surface area (Å²) in [6, 6.07) is 0. The molecule has 11 heteroatoms. The van der Waals surface area contributed by atoms with Crippen molar-refractivity contribution in [2.45, 2.75) is 95.2 Å². The maximum atomic E-state index is 12.9. The summed E-state index contributed by atoms with van der Waals surface area (Å²) in [5, 5.41) is 24.1. The van der Waals surface area contributed by atoms with Gasteiger partial charge in [-0.05, 0) is 12.5 Å². The van der Waals surface area contributed by atoms with Crippen LogP contribution in [-0.2, 0) is 42.8 Å². The Morgan fingerprint density at radius 3 is 2.28 bits per heavy atom. The fraction of sp³-hybridized carbons (Fsp3) is 0.800. The Morgan fingerprint density at radius 1 is 1.06 bits per heavy atom. The van der Waals surface area contributed by atoms with Gasteiger partial charge < -0.3 is 38.6 Å². The Morgan fingerprint density at radius 2 is 1.69 bits per heavy atom. The standard InChI is InChI=1S/C25H34O11/c1-8-13-20(33-12(5)27)25(30)10(3)23(29)36-22(25)16(31-7)9(2)15-17(34-15)19(28)24(13,6)21-18(35-21)14(8)32-11(4)26/h8,10,13-22,28,30H,2H2,1,3-7H3. The molecule has 3 saturated heterocycles. The first-order chi connectivity index (χ1) is 16.8. The highest BCUT2D eigenvalue weighted by Gasteiger charge is 2.77. The first kappa shape index (κ1) is 25.6. The SMILES string of the molecule is C=C1C2OC2C(O)C2(C)C3OC3C(OC(C)=O)C(C)C2C(OC(C)=O)C2(O)C(C)C(=O)OC2C1OC. The van der Waals surface area contributed by atoms with E-state index in [0.29, 0.717) is 5.57 Å². The summed E-state index contributed by atoms with van der Waals surface area (Å²) in [6.45, 7) is 11.7. The number of ether oxygens (including phenoxy) is 6. The van der Waals surface area contributed by atoms with Gasteiger partial charge in [-0.3, -0.25) is 14.4 Å². The van der Waals surface area contributed by atoms with Crippen LogP contribution < -0.4 is 0 Å². The minimum atomic E-state index is -2.07. The van der Waals surface area contributed by atoms with Gasteiger partial charge in [0.1, 0.15) is 36.6 Å².